The van der Waals surface area contributed by atoms with Gasteiger partial charge in [0.15, 0.2) is 5.76 Å². The van der Waals surface area contributed by atoms with Crippen LogP contribution in [-0.4, -0.2) is 5.71 Å². The van der Waals surface area contributed by atoms with Crippen molar-refractivity contribution in [2.75, 3.05) is 0 Å². The molecule has 0 saturated carbocycles. The fourth-order valence-electron chi connectivity index (χ4n) is 2.99. The first-order valence-electron chi connectivity index (χ1n) is 11.3. The monoisotopic (exact) mass is 441 g/mol. The van der Waals surface area contributed by atoms with Gasteiger partial charge in [-0.3, -0.25) is 0 Å². The molecule has 0 spiro atoms. The first-order chi connectivity index (χ1) is 15.1. The number of allylic oxidation sites excluding steroid dienone is 3. The number of halogens is 2. The van der Waals surface area contributed by atoms with E-state index in [-0.39, 0.29) is 5.56 Å². The quantitative estimate of drug-likeness (QED) is 0.465. The van der Waals surface area contributed by atoms with Crippen molar-refractivity contribution < 1.29 is 13.5 Å². The van der Waals surface area contributed by atoms with E-state index in [1.807, 2.05) is 65.8 Å². The standard InChI is InChI=1S/C23H23F2NO.C3H8.C2H6/c1-6-19(16-8-10-17(11-9-16)23(5,24)25)26-21-18-12-7-15(4)13-20(18)27-22(21)14(2)3;1-3-2;1-2/h6-13H,1-5H3;3H2,1-2H3;1-2H3/b19-6+,26-21?;;. The number of aryl methyl sites for hydroxylation is 1. The number of aliphatic imine (C=N–C) groups is 1. The fraction of sp³-hybridized carbons (Fsp3) is 0.393. The minimum atomic E-state index is -2.86. The Kier molecular flexibility index (Phi) is 10.5. The van der Waals surface area contributed by atoms with Crippen LogP contribution in [0.15, 0.2) is 64.9 Å². The Morgan fingerprint density at radius 1 is 1.03 bits per heavy atom. The maximum absolute atomic E-state index is 13.5. The zero-order chi connectivity index (χ0) is 24.5. The van der Waals surface area contributed by atoms with Crippen LogP contribution < -0.4 is 4.74 Å². The lowest BCUT2D eigenvalue weighted by Crippen LogP contribution is -2.06. The molecule has 0 amide bonds. The molecule has 2 aromatic rings. The highest BCUT2D eigenvalue weighted by molar-refractivity contribution is 6.17. The van der Waals surface area contributed by atoms with Crippen LogP contribution in [0.25, 0.3) is 5.70 Å². The first kappa shape index (κ1) is 27.3. The maximum atomic E-state index is 13.5. The highest BCUT2D eigenvalue weighted by atomic mass is 19.3. The molecule has 0 aliphatic carbocycles. The summed E-state index contributed by atoms with van der Waals surface area (Å²) in [5.41, 5.74) is 5.34. The minimum Gasteiger partial charge on any atom is -0.454 e. The molecule has 1 heterocycles. The predicted octanol–water partition coefficient (Wildman–Crippen LogP) is 9.09. The average Bonchev–Trinajstić information content (AvgIpc) is 3.11. The summed E-state index contributed by atoms with van der Waals surface area (Å²) >= 11 is 0. The number of hydrogen-bond acceptors (Lipinski definition) is 2. The zero-order valence-electron chi connectivity index (χ0n) is 20.9. The van der Waals surface area contributed by atoms with Gasteiger partial charge < -0.3 is 4.74 Å². The van der Waals surface area contributed by atoms with Gasteiger partial charge in [0.2, 0.25) is 0 Å². The average molecular weight is 442 g/mol. The molecular formula is C28H37F2NO. The summed E-state index contributed by atoms with van der Waals surface area (Å²) in [5.74, 6) is -1.32. The second kappa shape index (κ2) is 12.3. The Morgan fingerprint density at radius 3 is 2.06 bits per heavy atom. The van der Waals surface area contributed by atoms with Crippen molar-refractivity contribution in [2.45, 2.75) is 74.7 Å². The molecule has 174 valence electrons. The normalized spacial score (nSPS) is 14.0. The van der Waals surface area contributed by atoms with Gasteiger partial charge in [0, 0.05) is 18.1 Å². The molecule has 0 saturated heterocycles. The predicted molar refractivity (Wildman–Crippen MR) is 134 cm³/mol. The number of rotatable bonds is 3. The van der Waals surface area contributed by atoms with Crippen molar-refractivity contribution in [3.8, 4) is 5.75 Å². The van der Waals surface area contributed by atoms with Gasteiger partial charge in [-0.2, -0.15) is 0 Å². The Hall–Kier alpha value is -2.75. The summed E-state index contributed by atoms with van der Waals surface area (Å²) < 4.78 is 33.0. The van der Waals surface area contributed by atoms with E-state index < -0.39 is 5.92 Å². The molecule has 1 aliphatic heterocycles. The third-order valence-corrected chi connectivity index (χ3v) is 4.47. The Bertz CT molecular complexity index is 973. The second-order valence-electron chi connectivity index (χ2n) is 7.74. The number of fused-ring (bicyclic) bond motifs is 1. The number of alkyl halides is 2. The Labute approximate surface area is 192 Å². The van der Waals surface area contributed by atoms with Crippen LogP contribution in [0.3, 0.4) is 0 Å². The summed E-state index contributed by atoms with van der Waals surface area (Å²) in [6.45, 7) is 17.0. The first-order valence-corrected chi connectivity index (χ1v) is 11.3. The van der Waals surface area contributed by atoms with E-state index in [9.17, 15) is 8.78 Å². The van der Waals surface area contributed by atoms with Crippen molar-refractivity contribution in [3.63, 3.8) is 0 Å². The number of benzene rings is 2. The molecule has 0 fully saturated rings. The number of nitrogens with zero attached hydrogens (tertiary/aromatic N) is 1. The van der Waals surface area contributed by atoms with Crippen LogP contribution in [0.4, 0.5) is 8.78 Å². The van der Waals surface area contributed by atoms with Gasteiger partial charge in [-0.05, 0) is 56.5 Å². The van der Waals surface area contributed by atoms with E-state index >= 15 is 0 Å². The summed E-state index contributed by atoms with van der Waals surface area (Å²) in [4.78, 5) is 4.84. The lowest BCUT2D eigenvalue weighted by molar-refractivity contribution is 0.0175. The third kappa shape index (κ3) is 6.88. The van der Waals surface area contributed by atoms with E-state index in [0.717, 1.165) is 46.4 Å². The topological polar surface area (TPSA) is 21.6 Å². The van der Waals surface area contributed by atoms with Crippen LogP contribution in [-0.2, 0) is 5.92 Å². The van der Waals surface area contributed by atoms with Gasteiger partial charge in [0.25, 0.3) is 5.92 Å². The Balaban J connectivity index is 0.000000944. The molecule has 0 atom stereocenters. The Morgan fingerprint density at radius 2 is 1.59 bits per heavy atom. The summed E-state index contributed by atoms with van der Waals surface area (Å²) in [6.07, 6.45) is 3.13. The highest BCUT2D eigenvalue weighted by Crippen LogP contribution is 2.35. The molecular weight excluding hydrogens is 404 g/mol. The SMILES string of the molecule is C/C=C(/N=C1C(=C(C)C)Oc2cc(C)ccc21)c1ccc(C(C)(F)F)cc1.CC.CCC. The minimum absolute atomic E-state index is 0.00985. The van der Waals surface area contributed by atoms with Crippen LogP contribution in [0.5, 0.6) is 5.75 Å². The lowest BCUT2D eigenvalue weighted by Gasteiger charge is -2.11. The van der Waals surface area contributed by atoms with Crippen LogP contribution >= 0.6 is 0 Å². The molecule has 32 heavy (non-hydrogen) atoms. The molecule has 0 radical (unpaired) electrons. The van der Waals surface area contributed by atoms with Crippen molar-refractivity contribution in [1.29, 1.82) is 0 Å². The van der Waals surface area contributed by atoms with E-state index in [2.05, 4.69) is 13.8 Å². The molecule has 1 aliphatic rings. The van der Waals surface area contributed by atoms with Gasteiger partial charge in [-0.15, -0.1) is 0 Å². The summed E-state index contributed by atoms with van der Waals surface area (Å²) in [5, 5.41) is 0. The van der Waals surface area contributed by atoms with Crippen molar-refractivity contribution >= 4 is 11.4 Å². The molecule has 0 N–H and O–H groups in total. The molecule has 3 rings (SSSR count). The van der Waals surface area contributed by atoms with E-state index in [1.54, 1.807) is 12.1 Å². The lowest BCUT2D eigenvalue weighted by atomic mass is 10.0. The molecule has 4 heteroatoms. The largest absolute Gasteiger partial charge is 0.454 e. The van der Waals surface area contributed by atoms with Gasteiger partial charge in [-0.25, -0.2) is 13.8 Å². The maximum Gasteiger partial charge on any atom is 0.270 e. The van der Waals surface area contributed by atoms with Gasteiger partial charge >= 0.3 is 0 Å². The summed E-state index contributed by atoms with van der Waals surface area (Å²) in [7, 11) is 0. The van der Waals surface area contributed by atoms with Crippen molar-refractivity contribution in [2.24, 2.45) is 4.99 Å². The van der Waals surface area contributed by atoms with Gasteiger partial charge in [-0.1, -0.05) is 70.5 Å². The van der Waals surface area contributed by atoms with E-state index in [0.29, 0.717) is 5.70 Å². The smallest absolute Gasteiger partial charge is 0.270 e. The second-order valence-corrected chi connectivity index (χ2v) is 7.74. The van der Waals surface area contributed by atoms with Crippen LogP contribution in [0.2, 0.25) is 0 Å². The highest BCUT2D eigenvalue weighted by Gasteiger charge is 2.27. The van der Waals surface area contributed by atoms with E-state index in [4.69, 9.17) is 9.73 Å². The van der Waals surface area contributed by atoms with Crippen molar-refractivity contribution in [1.82, 2.24) is 0 Å². The van der Waals surface area contributed by atoms with Crippen LogP contribution in [0.1, 0.15) is 84.1 Å². The molecule has 0 unspecified atom stereocenters. The van der Waals surface area contributed by atoms with Crippen LogP contribution in [0, 0.1) is 6.92 Å². The zero-order valence-corrected chi connectivity index (χ0v) is 20.9. The summed E-state index contributed by atoms with van der Waals surface area (Å²) in [6, 6.07) is 12.3. The van der Waals surface area contributed by atoms with Gasteiger partial charge in [0.1, 0.15) is 11.5 Å². The van der Waals surface area contributed by atoms with Gasteiger partial charge in [0.05, 0.1) is 5.70 Å². The fourth-order valence-corrected chi connectivity index (χ4v) is 2.99. The molecule has 2 nitrogen and oxygen atoms in total. The van der Waals surface area contributed by atoms with Crippen molar-refractivity contribution in [3.05, 3.63) is 82.1 Å². The number of hydrogen-bond donors (Lipinski definition) is 0. The molecule has 0 aromatic heterocycles. The number of ether oxygens (including phenoxy) is 1. The molecule has 2 aromatic carbocycles. The molecule has 0 bridgehead atoms. The third-order valence-electron chi connectivity index (χ3n) is 4.47. The van der Waals surface area contributed by atoms with E-state index in [1.165, 1.54) is 18.6 Å².